The van der Waals surface area contributed by atoms with Crippen LogP contribution < -0.4 is 10.5 Å². The first kappa shape index (κ1) is 13.7. The standard InChI is InChI=1S/C13H14N4O3/c1-7-4-5-8(2)11(9(7)3)20-12-10(17(18)19)6-15-13(14)16-12/h4-6H,1-3H3,(H2,14,15,16). The summed E-state index contributed by atoms with van der Waals surface area (Å²) >= 11 is 0. The van der Waals surface area contributed by atoms with Crippen LogP contribution in [0.15, 0.2) is 18.3 Å². The van der Waals surface area contributed by atoms with Gasteiger partial charge in [-0.05, 0) is 37.5 Å². The minimum atomic E-state index is -0.602. The summed E-state index contributed by atoms with van der Waals surface area (Å²) in [6.07, 6.45) is 1.04. The summed E-state index contributed by atoms with van der Waals surface area (Å²) in [5.41, 5.74) is 7.93. The molecule has 0 bridgehead atoms. The lowest BCUT2D eigenvalue weighted by Crippen LogP contribution is -2.03. The smallest absolute Gasteiger partial charge is 0.349 e. The molecule has 0 aliphatic rings. The number of nitrogens with zero attached hydrogens (tertiary/aromatic N) is 3. The molecule has 0 spiro atoms. The Balaban J connectivity index is 2.53. The number of anilines is 1. The number of aryl methyl sites for hydroxylation is 2. The van der Waals surface area contributed by atoms with Crippen molar-refractivity contribution in [2.24, 2.45) is 0 Å². The zero-order valence-electron chi connectivity index (χ0n) is 11.4. The number of rotatable bonds is 3. The second-order valence-electron chi connectivity index (χ2n) is 4.43. The van der Waals surface area contributed by atoms with Gasteiger partial charge >= 0.3 is 11.6 Å². The number of nitrogen functional groups attached to an aromatic ring is 1. The summed E-state index contributed by atoms with van der Waals surface area (Å²) in [6, 6.07) is 3.84. The summed E-state index contributed by atoms with van der Waals surface area (Å²) in [4.78, 5) is 17.8. The lowest BCUT2D eigenvalue weighted by Gasteiger charge is -2.12. The van der Waals surface area contributed by atoms with E-state index < -0.39 is 4.92 Å². The van der Waals surface area contributed by atoms with E-state index in [1.807, 2.05) is 32.9 Å². The van der Waals surface area contributed by atoms with Crippen LogP contribution in [-0.2, 0) is 0 Å². The molecule has 7 heteroatoms. The third kappa shape index (κ3) is 2.51. The summed E-state index contributed by atoms with van der Waals surface area (Å²) in [5, 5.41) is 11.0. The number of hydrogen-bond acceptors (Lipinski definition) is 6. The summed E-state index contributed by atoms with van der Waals surface area (Å²) in [6.45, 7) is 5.68. The molecule has 0 unspecified atom stereocenters. The van der Waals surface area contributed by atoms with Crippen molar-refractivity contribution in [2.75, 3.05) is 5.73 Å². The van der Waals surface area contributed by atoms with Gasteiger partial charge in [-0.3, -0.25) is 10.1 Å². The van der Waals surface area contributed by atoms with Gasteiger partial charge in [-0.25, -0.2) is 4.98 Å². The lowest BCUT2D eigenvalue weighted by molar-refractivity contribution is -0.386. The van der Waals surface area contributed by atoms with E-state index in [0.29, 0.717) is 5.75 Å². The molecule has 0 radical (unpaired) electrons. The minimum absolute atomic E-state index is 0.0754. The van der Waals surface area contributed by atoms with E-state index in [1.54, 1.807) is 0 Å². The number of aromatic nitrogens is 2. The van der Waals surface area contributed by atoms with Crippen LogP contribution in [0.4, 0.5) is 11.6 Å². The fourth-order valence-corrected chi connectivity index (χ4v) is 1.75. The van der Waals surface area contributed by atoms with Gasteiger partial charge in [0.25, 0.3) is 0 Å². The zero-order valence-corrected chi connectivity index (χ0v) is 11.4. The Kier molecular flexibility index (Phi) is 3.51. The molecule has 0 aliphatic carbocycles. The van der Waals surface area contributed by atoms with Crippen LogP contribution >= 0.6 is 0 Å². The molecule has 2 rings (SSSR count). The van der Waals surface area contributed by atoms with Crippen molar-refractivity contribution in [2.45, 2.75) is 20.8 Å². The van der Waals surface area contributed by atoms with E-state index in [4.69, 9.17) is 10.5 Å². The molecular weight excluding hydrogens is 260 g/mol. The molecule has 7 nitrogen and oxygen atoms in total. The summed E-state index contributed by atoms with van der Waals surface area (Å²) in [5.74, 6) is 0.319. The molecule has 0 saturated heterocycles. The van der Waals surface area contributed by atoms with Gasteiger partial charge in [0.05, 0.1) is 4.92 Å². The van der Waals surface area contributed by atoms with Gasteiger partial charge in [-0.1, -0.05) is 12.1 Å². The number of ether oxygens (including phenoxy) is 1. The predicted molar refractivity (Wildman–Crippen MR) is 73.8 cm³/mol. The number of benzene rings is 1. The Morgan fingerprint density at radius 1 is 1.25 bits per heavy atom. The number of hydrogen-bond donors (Lipinski definition) is 1. The molecule has 104 valence electrons. The Hall–Kier alpha value is -2.70. The van der Waals surface area contributed by atoms with Crippen LogP contribution in [0.5, 0.6) is 11.6 Å². The third-order valence-electron chi connectivity index (χ3n) is 3.02. The SMILES string of the molecule is Cc1ccc(C)c(Oc2nc(N)ncc2[N+](=O)[O-])c1C. The van der Waals surface area contributed by atoms with E-state index in [2.05, 4.69) is 9.97 Å². The molecule has 1 aromatic carbocycles. The highest BCUT2D eigenvalue weighted by atomic mass is 16.6. The van der Waals surface area contributed by atoms with E-state index in [-0.39, 0.29) is 17.5 Å². The summed E-state index contributed by atoms with van der Waals surface area (Å²) in [7, 11) is 0. The Morgan fingerprint density at radius 2 is 1.90 bits per heavy atom. The fraction of sp³-hybridized carbons (Fsp3) is 0.231. The van der Waals surface area contributed by atoms with Crippen LogP contribution in [0.2, 0.25) is 0 Å². The Labute approximate surface area is 115 Å². The highest BCUT2D eigenvalue weighted by Gasteiger charge is 2.20. The fourth-order valence-electron chi connectivity index (χ4n) is 1.75. The monoisotopic (exact) mass is 274 g/mol. The largest absolute Gasteiger partial charge is 0.433 e. The second kappa shape index (κ2) is 5.12. The average Bonchev–Trinajstić information content (AvgIpc) is 2.39. The van der Waals surface area contributed by atoms with Gasteiger partial charge < -0.3 is 10.5 Å². The summed E-state index contributed by atoms with van der Waals surface area (Å²) < 4.78 is 5.62. The molecule has 2 N–H and O–H groups in total. The molecule has 1 aromatic heterocycles. The molecule has 0 fully saturated rings. The third-order valence-corrected chi connectivity index (χ3v) is 3.02. The maximum atomic E-state index is 11.0. The first-order chi connectivity index (χ1) is 9.40. The Bertz CT molecular complexity index is 686. The Morgan fingerprint density at radius 3 is 2.55 bits per heavy atom. The van der Waals surface area contributed by atoms with Gasteiger partial charge in [-0.15, -0.1) is 0 Å². The van der Waals surface area contributed by atoms with Crippen LogP contribution in [0, 0.1) is 30.9 Å². The molecule has 1 heterocycles. The van der Waals surface area contributed by atoms with Gasteiger partial charge in [-0.2, -0.15) is 4.98 Å². The van der Waals surface area contributed by atoms with Crippen molar-refractivity contribution in [3.05, 3.63) is 45.1 Å². The van der Waals surface area contributed by atoms with Gasteiger partial charge in [0.15, 0.2) is 0 Å². The molecule has 2 aromatic rings. The van der Waals surface area contributed by atoms with E-state index >= 15 is 0 Å². The molecule has 0 aliphatic heterocycles. The van der Waals surface area contributed by atoms with E-state index in [0.717, 1.165) is 22.9 Å². The van der Waals surface area contributed by atoms with Crippen LogP contribution in [0.25, 0.3) is 0 Å². The highest BCUT2D eigenvalue weighted by Crippen LogP contribution is 2.34. The highest BCUT2D eigenvalue weighted by molar-refractivity contribution is 5.50. The number of nitrogens with two attached hydrogens (primary N) is 1. The minimum Gasteiger partial charge on any atom is -0.433 e. The van der Waals surface area contributed by atoms with Crippen LogP contribution in [0.1, 0.15) is 16.7 Å². The van der Waals surface area contributed by atoms with Gasteiger partial charge in [0.2, 0.25) is 5.95 Å². The van der Waals surface area contributed by atoms with Crippen LogP contribution in [0.3, 0.4) is 0 Å². The molecule has 0 atom stereocenters. The van der Waals surface area contributed by atoms with Crippen molar-refractivity contribution in [3.8, 4) is 11.6 Å². The van der Waals surface area contributed by atoms with Crippen molar-refractivity contribution >= 4 is 11.6 Å². The van der Waals surface area contributed by atoms with Gasteiger partial charge in [0, 0.05) is 0 Å². The molecule has 20 heavy (non-hydrogen) atoms. The van der Waals surface area contributed by atoms with Crippen LogP contribution in [-0.4, -0.2) is 14.9 Å². The maximum absolute atomic E-state index is 11.0. The van der Waals surface area contributed by atoms with Crippen molar-refractivity contribution in [3.63, 3.8) is 0 Å². The first-order valence-electron chi connectivity index (χ1n) is 5.91. The zero-order chi connectivity index (χ0) is 14.9. The molecule has 0 saturated carbocycles. The van der Waals surface area contributed by atoms with E-state index in [1.165, 1.54) is 0 Å². The molecular formula is C13H14N4O3. The number of nitro groups is 1. The van der Waals surface area contributed by atoms with E-state index in [9.17, 15) is 10.1 Å². The molecule has 0 amide bonds. The quantitative estimate of drug-likeness (QED) is 0.681. The second-order valence-corrected chi connectivity index (χ2v) is 4.43. The maximum Gasteiger partial charge on any atom is 0.349 e. The lowest BCUT2D eigenvalue weighted by atomic mass is 10.1. The van der Waals surface area contributed by atoms with Crippen molar-refractivity contribution in [1.82, 2.24) is 9.97 Å². The van der Waals surface area contributed by atoms with Crippen molar-refractivity contribution < 1.29 is 9.66 Å². The average molecular weight is 274 g/mol. The topological polar surface area (TPSA) is 104 Å². The van der Waals surface area contributed by atoms with Gasteiger partial charge in [0.1, 0.15) is 11.9 Å². The predicted octanol–water partition coefficient (Wildman–Crippen LogP) is 2.68. The normalized spacial score (nSPS) is 10.3. The first-order valence-corrected chi connectivity index (χ1v) is 5.91. The van der Waals surface area contributed by atoms with Crippen molar-refractivity contribution in [1.29, 1.82) is 0 Å².